The molecule has 0 spiro atoms. The van der Waals surface area contributed by atoms with Crippen molar-refractivity contribution >= 4 is 94.5 Å². The molecule has 15 heteroatoms. The zero-order valence-corrected chi connectivity index (χ0v) is 31.7. The summed E-state index contributed by atoms with van der Waals surface area (Å²) in [7, 11) is 20.8. The molecule has 224 valence electrons. The summed E-state index contributed by atoms with van der Waals surface area (Å²) < 4.78 is 3.93. The molecule has 4 rings (SSSR count). The Morgan fingerprint density at radius 3 is 1.29 bits per heavy atom. The summed E-state index contributed by atoms with van der Waals surface area (Å²) in [6.45, 7) is 8.29. The molecule has 0 amide bonds. The Hall–Kier alpha value is -1.72. The van der Waals surface area contributed by atoms with E-state index >= 15 is 0 Å². The fourth-order valence-electron chi connectivity index (χ4n) is 3.90. The first-order chi connectivity index (χ1) is 20.1. The zero-order valence-electron chi connectivity index (χ0n) is 24.1. The molecule has 0 aliphatic rings. The number of benzene rings is 2. The van der Waals surface area contributed by atoms with Crippen LogP contribution in [0.25, 0.3) is 0 Å². The molecular weight excluding hydrogens is 708 g/mol. The number of nitrogens with zero attached hydrogens (tertiary/aromatic N) is 8. The summed E-state index contributed by atoms with van der Waals surface area (Å²) >= 11 is 3.15. The van der Waals surface area contributed by atoms with E-state index in [9.17, 15) is 0 Å². The van der Waals surface area contributed by atoms with Crippen molar-refractivity contribution in [3.05, 3.63) is 71.7 Å². The number of aromatic nitrogens is 2. The van der Waals surface area contributed by atoms with Gasteiger partial charge in [0, 0.05) is 48.3 Å². The molecule has 4 aromatic rings. The van der Waals surface area contributed by atoms with Gasteiger partial charge in [-0.3, -0.25) is 0 Å². The summed E-state index contributed by atoms with van der Waals surface area (Å²) in [6.07, 6.45) is 5.03. The normalized spacial score (nSPS) is 11.6. The molecule has 2 heterocycles. The number of hydrogen-bond acceptors (Lipinski definition) is 8. The number of rotatable bonds is 12. The van der Waals surface area contributed by atoms with Gasteiger partial charge in [-0.25, -0.2) is 9.13 Å². The average molecular weight is 742 g/mol. The second-order valence-corrected chi connectivity index (χ2v) is 38.6. The standard InChI is InChI=1S/C27H34N8S2.4ClH.Zn/c1-5-34(24-12-8-22(9-13-24)28-30-26-32(3)18-20-36-26)16-7-17-35(6-2)25-14-10-23(11-15-25)29-31-27-33(4)19-21-37-27;;;;;/h8-15,18-21H,5-7,16-17H2,1-4H3;4*1H;/q+2;;;;;+2/p-4. The Kier molecular flexibility index (Phi) is 14.5. The second-order valence-electron chi connectivity index (χ2n) is 9.14. The molecule has 0 N–H and O–H groups in total. The van der Waals surface area contributed by atoms with Crippen molar-refractivity contribution in [2.45, 2.75) is 20.3 Å². The van der Waals surface area contributed by atoms with E-state index in [2.05, 4.69) is 68.4 Å². The van der Waals surface area contributed by atoms with Gasteiger partial charge in [-0.1, -0.05) is 0 Å². The van der Waals surface area contributed by atoms with Gasteiger partial charge in [-0.05, 0) is 102 Å². The van der Waals surface area contributed by atoms with Gasteiger partial charge in [0.05, 0.1) is 24.3 Å². The van der Waals surface area contributed by atoms with Gasteiger partial charge >= 0.3 is 59.8 Å². The van der Waals surface area contributed by atoms with E-state index in [0.29, 0.717) is 0 Å². The van der Waals surface area contributed by atoms with Crippen LogP contribution in [0.2, 0.25) is 0 Å². The number of thiazole rings is 2. The third-order valence-electron chi connectivity index (χ3n) is 6.07. The quantitative estimate of drug-likeness (QED) is 0.0825. The molecular formula is C27H34Cl4N8S2Zn. The molecule has 8 nitrogen and oxygen atoms in total. The van der Waals surface area contributed by atoms with Crippen LogP contribution in [0.1, 0.15) is 20.3 Å². The van der Waals surface area contributed by atoms with Crippen LogP contribution in [-0.4, -0.2) is 26.2 Å². The Morgan fingerprint density at radius 2 is 1.00 bits per heavy atom. The predicted molar refractivity (Wildman–Crippen MR) is 176 cm³/mol. The Labute approximate surface area is 274 Å². The summed E-state index contributed by atoms with van der Waals surface area (Å²) in [5.41, 5.74) is 4.13. The number of azo groups is 2. The number of hydrogen-bond donors (Lipinski definition) is 0. The van der Waals surface area contributed by atoms with E-state index in [1.807, 2.05) is 70.6 Å². The summed E-state index contributed by atoms with van der Waals surface area (Å²) in [5.74, 6) is 0. The van der Waals surface area contributed by atoms with Gasteiger partial charge in [-0.2, -0.15) is 0 Å². The molecule has 42 heavy (non-hydrogen) atoms. The monoisotopic (exact) mass is 738 g/mol. The fraction of sp³-hybridized carbons (Fsp3) is 0.333. The number of aryl methyl sites for hydroxylation is 2. The van der Waals surface area contributed by atoms with Gasteiger partial charge in [0.15, 0.2) is 0 Å². The van der Waals surface area contributed by atoms with Crippen LogP contribution in [-0.2, 0) is 24.9 Å². The fourth-order valence-corrected chi connectivity index (χ4v) is 5.26. The van der Waals surface area contributed by atoms with Crippen molar-refractivity contribution in [3.63, 3.8) is 0 Å². The molecule has 2 aromatic carbocycles. The molecule has 0 aliphatic carbocycles. The molecule has 0 saturated carbocycles. The van der Waals surface area contributed by atoms with Gasteiger partial charge in [0.2, 0.25) is 0 Å². The van der Waals surface area contributed by atoms with E-state index in [1.165, 1.54) is 11.4 Å². The summed E-state index contributed by atoms with van der Waals surface area (Å²) in [4.78, 5) is 4.81. The van der Waals surface area contributed by atoms with Crippen LogP contribution in [0.15, 0.2) is 92.1 Å². The third-order valence-corrected chi connectivity index (χ3v) is 7.75. The Bertz CT molecular complexity index is 1320. The van der Waals surface area contributed by atoms with Crippen molar-refractivity contribution in [3.8, 4) is 0 Å². The van der Waals surface area contributed by atoms with E-state index in [-0.39, 0.29) is 0 Å². The Balaban J connectivity index is 0.000000892. The van der Waals surface area contributed by atoms with Crippen molar-refractivity contribution < 1.29 is 19.9 Å². The first-order valence-electron chi connectivity index (χ1n) is 13.5. The van der Waals surface area contributed by atoms with Gasteiger partial charge < -0.3 is 9.80 Å². The molecule has 0 saturated heterocycles. The van der Waals surface area contributed by atoms with Crippen LogP contribution >= 0.6 is 61.4 Å². The minimum absolute atomic E-state index is 0.859. The molecule has 0 aliphatic heterocycles. The van der Waals surface area contributed by atoms with Crippen LogP contribution in [0.3, 0.4) is 0 Å². The van der Waals surface area contributed by atoms with E-state index < -0.39 is 10.8 Å². The first kappa shape index (κ1) is 34.8. The summed E-state index contributed by atoms with van der Waals surface area (Å²) in [6, 6.07) is 16.7. The second kappa shape index (κ2) is 17.5. The topological polar surface area (TPSA) is 63.7 Å². The van der Waals surface area contributed by atoms with Crippen molar-refractivity contribution in [2.24, 2.45) is 34.6 Å². The summed E-state index contributed by atoms with van der Waals surface area (Å²) in [5, 5.41) is 23.2. The molecule has 0 bridgehead atoms. The van der Waals surface area contributed by atoms with Crippen LogP contribution < -0.4 is 18.9 Å². The Morgan fingerprint density at radius 1 is 0.643 bits per heavy atom. The molecule has 0 radical (unpaired) electrons. The van der Waals surface area contributed by atoms with Crippen LogP contribution in [0.4, 0.5) is 33.0 Å². The van der Waals surface area contributed by atoms with Gasteiger partial charge in [0.1, 0.15) is 23.8 Å². The van der Waals surface area contributed by atoms with E-state index in [4.69, 9.17) is 38.8 Å². The van der Waals surface area contributed by atoms with Gasteiger partial charge in [-0.15, -0.1) is 0 Å². The third kappa shape index (κ3) is 12.1. The number of anilines is 2. The SMILES string of the molecule is CCN(CCCN(CC)c1ccc(N=Nc2scc[n+]2C)cc1)c1ccc(N=Nc2scc[n+]2C)cc1.[Cl][Zn-2]([Cl])([Cl])[Cl]. The minimum atomic E-state index is -3.36. The van der Waals surface area contributed by atoms with Crippen molar-refractivity contribution in [1.82, 2.24) is 0 Å². The zero-order chi connectivity index (χ0) is 30.5. The predicted octanol–water partition coefficient (Wildman–Crippen LogP) is 9.79. The molecule has 0 atom stereocenters. The maximum absolute atomic E-state index is 5.05. The maximum atomic E-state index is 5.05. The van der Waals surface area contributed by atoms with E-state index in [1.54, 1.807) is 22.7 Å². The van der Waals surface area contributed by atoms with Crippen LogP contribution in [0, 0.1) is 0 Å². The molecule has 0 unspecified atom stereocenters. The average Bonchev–Trinajstić information content (AvgIpc) is 3.57. The van der Waals surface area contributed by atoms with Crippen molar-refractivity contribution in [2.75, 3.05) is 36.0 Å². The first-order valence-corrected chi connectivity index (χ1v) is 30.9. The number of halogens is 4. The molecule has 2 aromatic heterocycles. The molecule has 0 fully saturated rings. The van der Waals surface area contributed by atoms with Crippen LogP contribution in [0.5, 0.6) is 0 Å². The van der Waals surface area contributed by atoms with E-state index in [0.717, 1.165) is 54.2 Å². The van der Waals surface area contributed by atoms with Crippen molar-refractivity contribution in [1.29, 1.82) is 0 Å². The van der Waals surface area contributed by atoms with Gasteiger partial charge in [0.25, 0.3) is 0 Å².